The highest BCUT2D eigenvalue weighted by Gasteiger charge is 2.23. The average Bonchev–Trinajstić information content (AvgIpc) is 3.26. The van der Waals surface area contributed by atoms with Crippen molar-refractivity contribution in [3.63, 3.8) is 0 Å². The van der Waals surface area contributed by atoms with Crippen LogP contribution in [0.5, 0.6) is 5.75 Å². The molecule has 1 fully saturated rings. The molecule has 1 aliphatic rings. The molecular formula is C24H26Cl2N4O2. The number of rotatable bonds is 6. The topological polar surface area (TPSA) is 50.6 Å². The molecule has 0 N–H and O–H groups in total. The molecule has 0 aliphatic carbocycles. The molecule has 168 valence electrons. The van der Waals surface area contributed by atoms with E-state index >= 15 is 0 Å². The van der Waals surface area contributed by atoms with E-state index in [4.69, 9.17) is 27.9 Å². The summed E-state index contributed by atoms with van der Waals surface area (Å²) in [4.78, 5) is 17.1. The lowest BCUT2D eigenvalue weighted by atomic mass is 10.1. The minimum atomic E-state index is -0.0481. The van der Waals surface area contributed by atoms with Crippen LogP contribution in [0.1, 0.15) is 27.2 Å². The Kier molecular flexibility index (Phi) is 7.04. The van der Waals surface area contributed by atoms with Crippen LogP contribution in [0.2, 0.25) is 10.0 Å². The second-order valence-corrected chi connectivity index (χ2v) is 8.89. The summed E-state index contributed by atoms with van der Waals surface area (Å²) in [6, 6.07) is 13.4. The van der Waals surface area contributed by atoms with Gasteiger partial charge in [0.05, 0.1) is 0 Å². The predicted molar refractivity (Wildman–Crippen MR) is 126 cm³/mol. The van der Waals surface area contributed by atoms with Crippen LogP contribution in [0.4, 0.5) is 0 Å². The molecule has 0 spiro atoms. The van der Waals surface area contributed by atoms with Crippen molar-refractivity contribution in [1.29, 1.82) is 0 Å². The van der Waals surface area contributed by atoms with Crippen LogP contribution in [-0.2, 0) is 13.3 Å². The van der Waals surface area contributed by atoms with Gasteiger partial charge in [-0.15, -0.1) is 0 Å². The molecule has 4 rings (SSSR count). The van der Waals surface area contributed by atoms with E-state index in [0.717, 1.165) is 46.6 Å². The Balaban J connectivity index is 1.29. The molecule has 0 unspecified atom stereocenters. The molecule has 2 heterocycles. The summed E-state index contributed by atoms with van der Waals surface area (Å²) in [7, 11) is 0. The zero-order chi connectivity index (χ0) is 22.7. The molecule has 1 aromatic heterocycles. The van der Waals surface area contributed by atoms with Crippen molar-refractivity contribution in [3.8, 4) is 5.75 Å². The summed E-state index contributed by atoms with van der Waals surface area (Å²) < 4.78 is 7.46. The van der Waals surface area contributed by atoms with Crippen molar-refractivity contribution in [2.75, 3.05) is 26.2 Å². The van der Waals surface area contributed by atoms with E-state index in [9.17, 15) is 4.79 Å². The minimum absolute atomic E-state index is 0.0481. The molecule has 2 aromatic carbocycles. The number of nitrogens with zero attached hydrogens (tertiary/aromatic N) is 4. The highest BCUT2D eigenvalue weighted by Crippen LogP contribution is 2.26. The first-order valence-electron chi connectivity index (χ1n) is 10.6. The van der Waals surface area contributed by atoms with Crippen molar-refractivity contribution in [1.82, 2.24) is 19.6 Å². The van der Waals surface area contributed by atoms with Gasteiger partial charge in [0.25, 0.3) is 5.91 Å². The van der Waals surface area contributed by atoms with Crippen molar-refractivity contribution in [2.24, 2.45) is 0 Å². The van der Waals surface area contributed by atoms with Crippen molar-refractivity contribution >= 4 is 29.1 Å². The summed E-state index contributed by atoms with van der Waals surface area (Å²) >= 11 is 12.2. The van der Waals surface area contributed by atoms with Crippen LogP contribution in [0.15, 0.2) is 48.7 Å². The summed E-state index contributed by atoms with van der Waals surface area (Å²) in [5.74, 6) is 0.678. The van der Waals surface area contributed by atoms with Crippen molar-refractivity contribution in [3.05, 3.63) is 81.1 Å². The maximum absolute atomic E-state index is 12.9. The second kappa shape index (κ2) is 9.94. The number of benzene rings is 2. The van der Waals surface area contributed by atoms with Gasteiger partial charge in [0.1, 0.15) is 5.75 Å². The van der Waals surface area contributed by atoms with Gasteiger partial charge in [-0.1, -0.05) is 35.3 Å². The first kappa shape index (κ1) is 22.6. The van der Waals surface area contributed by atoms with Gasteiger partial charge in [0, 0.05) is 49.0 Å². The third-order valence-corrected chi connectivity index (χ3v) is 6.46. The number of hydrogen-bond acceptors (Lipinski definition) is 4. The Morgan fingerprint density at radius 3 is 2.31 bits per heavy atom. The van der Waals surface area contributed by atoms with Crippen LogP contribution in [-0.4, -0.2) is 51.7 Å². The molecule has 0 radical (unpaired) electrons. The van der Waals surface area contributed by atoms with Crippen LogP contribution in [0, 0.1) is 13.8 Å². The summed E-state index contributed by atoms with van der Waals surface area (Å²) in [5, 5.41) is 5.90. The van der Waals surface area contributed by atoms with Crippen molar-refractivity contribution < 1.29 is 9.53 Å². The summed E-state index contributed by atoms with van der Waals surface area (Å²) in [6.45, 7) is 7.99. The second-order valence-electron chi connectivity index (χ2n) is 8.08. The molecular weight excluding hydrogens is 447 g/mol. The minimum Gasteiger partial charge on any atom is -0.471 e. The Labute approximate surface area is 198 Å². The SMILES string of the molecule is Cc1cc(OCn2ccc(C(=O)N3CCN(Cc4ccc(Cl)cc4)CC3)n2)cc(C)c1Cl. The Morgan fingerprint density at radius 2 is 1.66 bits per heavy atom. The molecule has 8 heteroatoms. The van der Waals surface area contributed by atoms with Gasteiger partial charge in [0.2, 0.25) is 0 Å². The first-order valence-corrected chi connectivity index (χ1v) is 11.3. The molecule has 1 amide bonds. The maximum Gasteiger partial charge on any atom is 0.274 e. The zero-order valence-corrected chi connectivity index (χ0v) is 19.7. The van der Waals surface area contributed by atoms with Gasteiger partial charge in [-0.25, -0.2) is 4.68 Å². The van der Waals surface area contributed by atoms with Gasteiger partial charge in [-0.2, -0.15) is 5.10 Å². The lowest BCUT2D eigenvalue weighted by molar-refractivity contribution is 0.0621. The number of carbonyl (C=O) groups excluding carboxylic acids is 1. The zero-order valence-electron chi connectivity index (χ0n) is 18.2. The molecule has 1 saturated heterocycles. The smallest absolute Gasteiger partial charge is 0.274 e. The molecule has 3 aromatic rings. The van der Waals surface area contributed by atoms with Gasteiger partial charge in [0.15, 0.2) is 12.4 Å². The first-order chi connectivity index (χ1) is 15.4. The number of hydrogen-bond donors (Lipinski definition) is 0. The fraction of sp³-hybridized carbons (Fsp3) is 0.333. The van der Waals surface area contributed by atoms with E-state index in [1.54, 1.807) is 16.9 Å². The summed E-state index contributed by atoms with van der Waals surface area (Å²) in [5.41, 5.74) is 3.59. The van der Waals surface area contributed by atoms with E-state index in [1.165, 1.54) is 5.56 Å². The lowest BCUT2D eigenvalue weighted by Gasteiger charge is -2.34. The Morgan fingerprint density at radius 1 is 1.00 bits per heavy atom. The van der Waals surface area contributed by atoms with Gasteiger partial charge >= 0.3 is 0 Å². The van der Waals surface area contributed by atoms with E-state index in [2.05, 4.69) is 10.00 Å². The maximum atomic E-state index is 12.9. The van der Waals surface area contributed by atoms with Gasteiger partial charge in [-0.3, -0.25) is 9.69 Å². The molecule has 32 heavy (non-hydrogen) atoms. The highest BCUT2D eigenvalue weighted by molar-refractivity contribution is 6.32. The number of halogens is 2. The highest BCUT2D eigenvalue weighted by atomic mass is 35.5. The summed E-state index contributed by atoms with van der Waals surface area (Å²) in [6.07, 6.45) is 1.76. The van der Waals surface area contributed by atoms with E-state index < -0.39 is 0 Å². The third kappa shape index (κ3) is 5.44. The number of amides is 1. The number of ether oxygens (including phenoxy) is 1. The molecule has 1 aliphatic heterocycles. The van der Waals surface area contributed by atoms with Gasteiger partial charge in [-0.05, 0) is 60.9 Å². The van der Waals surface area contributed by atoms with Crippen molar-refractivity contribution in [2.45, 2.75) is 27.1 Å². The Bertz CT molecular complexity index is 1070. The average molecular weight is 473 g/mol. The number of aromatic nitrogens is 2. The number of aryl methyl sites for hydroxylation is 2. The molecule has 0 atom stereocenters. The van der Waals surface area contributed by atoms with E-state index in [1.807, 2.05) is 55.1 Å². The van der Waals surface area contributed by atoms with Crippen LogP contribution in [0.25, 0.3) is 0 Å². The third-order valence-electron chi connectivity index (χ3n) is 5.61. The fourth-order valence-electron chi connectivity index (χ4n) is 3.80. The number of piperazine rings is 1. The van der Waals surface area contributed by atoms with Crippen LogP contribution < -0.4 is 4.74 Å². The monoisotopic (exact) mass is 472 g/mol. The fourth-order valence-corrected chi connectivity index (χ4v) is 4.03. The standard InChI is InChI=1S/C24H26Cl2N4O2/c1-17-13-21(14-18(2)23(17)26)32-16-30-8-7-22(27-30)24(31)29-11-9-28(10-12-29)15-19-3-5-20(25)6-4-19/h3-8,13-14H,9-12,15-16H2,1-2H3. The molecule has 6 nitrogen and oxygen atoms in total. The van der Waals surface area contributed by atoms with E-state index in [-0.39, 0.29) is 12.6 Å². The van der Waals surface area contributed by atoms with Crippen LogP contribution in [0.3, 0.4) is 0 Å². The van der Waals surface area contributed by atoms with Crippen LogP contribution >= 0.6 is 23.2 Å². The predicted octanol–water partition coefficient (Wildman–Crippen LogP) is 4.80. The van der Waals surface area contributed by atoms with Gasteiger partial charge < -0.3 is 9.64 Å². The quantitative estimate of drug-likeness (QED) is 0.516. The molecule has 0 saturated carbocycles. The van der Waals surface area contributed by atoms with E-state index in [0.29, 0.717) is 18.8 Å². The Hall–Kier alpha value is -2.54. The lowest BCUT2D eigenvalue weighted by Crippen LogP contribution is -2.48. The molecule has 0 bridgehead atoms. The largest absolute Gasteiger partial charge is 0.471 e. The number of carbonyl (C=O) groups is 1. The normalized spacial score (nSPS) is 14.6.